The molecule has 1 heterocycles. The van der Waals surface area contributed by atoms with E-state index in [0.29, 0.717) is 28.8 Å². The summed E-state index contributed by atoms with van der Waals surface area (Å²) >= 11 is 12.2. The Morgan fingerprint density at radius 2 is 2.09 bits per heavy atom. The topological polar surface area (TPSA) is 64.5 Å². The zero-order chi connectivity index (χ0) is 16.1. The number of carbonyl (C=O) groups excluding carboxylic acids is 1. The number of carbonyl (C=O) groups is 1. The second-order valence-corrected chi connectivity index (χ2v) is 5.37. The summed E-state index contributed by atoms with van der Waals surface area (Å²) in [5, 5.41) is 4.46. The molecule has 0 saturated carbocycles. The fourth-order valence-corrected chi connectivity index (χ4v) is 2.44. The van der Waals surface area contributed by atoms with Crippen LogP contribution in [0.3, 0.4) is 0 Å². The van der Waals surface area contributed by atoms with Crippen molar-refractivity contribution in [1.29, 1.82) is 0 Å². The van der Waals surface area contributed by atoms with Crippen LogP contribution in [0.25, 0.3) is 10.9 Å². The second kappa shape index (κ2) is 7.80. The number of fused-ring (bicyclic) bond motifs is 1. The van der Waals surface area contributed by atoms with Crippen LogP contribution < -0.4 is 10.8 Å². The third kappa shape index (κ3) is 3.71. The number of halogens is 2. The number of nitrogens with zero attached hydrogens (tertiary/aromatic N) is 1. The van der Waals surface area contributed by atoms with Gasteiger partial charge in [0.25, 0.3) is 5.91 Å². The predicted octanol–water partition coefficient (Wildman–Crippen LogP) is 2.34. The molecule has 0 atom stereocenters. The Hall–Kier alpha value is -1.31. The van der Waals surface area contributed by atoms with Gasteiger partial charge in [-0.3, -0.25) is 9.63 Å². The maximum absolute atomic E-state index is 12.2. The Labute approximate surface area is 138 Å². The summed E-state index contributed by atoms with van der Waals surface area (Å²) in [5.74, 6) is -0.195. The summed E-state index contributed by atoms with van der Waals surface area (Å²) in [5.41, 5.74) is 4.03. The Kier molecular flexibility index (Phi) is 6.05. The molecular weight excluding hydrogens is 329 g/mol. The first-order chi connectivity index (χ1) is 10.6. The Morgan fingerprint density at radius 1 is 1.32 bits per heavy atom. The second-order valence-electron chi connectivity index (χ2n) is 4.58. The molecule has 0 aliphatic rings. The molecule has 0 aliphatic carbocycles. The highest BCUT2D eigenvalue weighted by molar-refractivity contribution is 6.45. The highest BCUT2D eigenvalue weighted by Crippen LogP contribution is 2.32. The highest BCUT2D eigenvalue weighted by Gasteiger charge is 2.15. The zero-order valence-electron chi connectivity index (χ0n) is 12.3. The van der Waals surface area contributed by atoms with Crippen molar-refractivity contribution in [1.82, 2.24) is 15.4 Å². The first-order valence-electron chi connectivity index (χ1n) is 6.61. The summed E-state index contributed by atoms with van der Waals surface area (Å²) in [6, 6.07) is 5.28. The number of nitrogens with one attached hydrogen (secondary N) is 2. The fraction of sp³-hybridized carbons (Fsp3) is 0.357. The molecule has 2 rings (SSSR count). The van der Waals surface area contributed by atoms with Crippen LogP contribution in [0.1, 0.15) is 10.5 Å². The van der Waals surface area contributed by atoms with E-state index in [9.17, 15) is 4.79 Å². The van der Waals surface area contributed by atoms with Gasteiger partial charge in [0.05, 0.1) is 10.0 Å². The zero-order valence-corrected chi connectivity index (χ0v) is 13.8. The highest BCUT2D eigenvalue weighted by atomic mass is 35.5. The molecule has 2 N–H and O–H groups in total. The van der Waals surface area contributed by atoms with Crippen molar-refractivity contribution in [2.75, 3.05) is 27.0 Å². The van der Waals surface area contributed by atoms with Crippen LogP contribution in [-0.2, 0) is 16.6 Å². The third-order valence-corrected chi connectivity index (χ3v) is 3.96. The van der Waals surface area contributed by atoms with Gasteiger partial charge in [-0.2, -0.15) is 5.48 Å². The number of hydrogen-bond donors (Lipinski definition) is 2. The number of rotatable bonds is 7. The minimum Gasteiger partial charge on any atom is -0.357 e. The molecule has 2 aromatic rings. The van der Waals surface area contributed by atoms with Crippen molar-refractivity contribution in [3.05, 3.63) is 33.9 Å². The molecule has 0 spiro atoms. The largest absolute Gasteiger partial charge is 0.357 e. The summed E-state index contributed by atoms with van der Waals surface area (Å²) in [4.78, 5) is 17.1. The number of hydroxylamine groups is 1. The molecule has 22 heavy (non-hydrogen) atoms. The van der Waals surface area contributed by atoms with E-state index in [2.05, 4.69) is 10.8 Å². The van der Waals surface area contributed by atoms with Crippen molar-refractivity contribution in [3.63, 3.8) is 0 Å². The van der Waals surface area contributed by atoms with Crippen molar-refractivity contribution in [2.24, 2.45) is 7.05 Å². The van der Waals surface area contributed by atoms with E-state index in [4.69, 9.17) is 32.8 Å². The van der Waals surface area contributed by atoms with E-state index in [1.807, 2.05) is 6.07 Å². The van der Waals surface area contributed by atoms with Gasteiger partial charge in [0.1, 0.15) is 5.69 Å². The number of amides is 1. The van der Waals surface area contributed by atoms with Crippen LogP contribution in [0.15, 0.2) is 18.2 Å². The number of ether oxygens (including phenoxy) is 1. The van der Waals surface area contributed by atoms with Gasteiger partial charge in [0, 0.05) is 38.1 Å². The van der Waals surface area contributed by atoms with Crippen molar-refractivity contribution < 1.29 is 14.4 Å². The molecule has 0 bridgehead atoms. The average Bonchev–Trinajstić information content (AvgIpc) is 2.84. The first-order valence-corrected chi connectivity index (χ1v) is 7.37. The number of aromatic nitrogens is 1. The van der Waals surface area contributed by atoms with Gasteiger partial charge >= 0.3 is 0 Å². The normalized spacial score (nSPS) is 11.1. The van der Waals surface area contributed by atoms with E-state index < -0.39 is 0 Å². The monoisotopic (exact) mass is 345 g/mol. The van der Waals surface area contributed by atoms with E-state index in [1.165, 1.54) is 7.11 Å². The summed E-state index contributed by atoms with van der Waals surface area (Å²) in [7, 11) is 3.34. The van der Waals surface area contributed by atoms with Gasteiger partial charge in [-0.1, -0.05) is 23.2 Å². The molecule has 0 fully saturated rings. The molecule has 6 nitrogen and oxygen atoms in total. The summed E-state index contributed by atoms with van der Waals surface area (Å²) in [6.45, 7) is 1.03. The van der Waals surface area contributed by atoms with Crippen LogP contribution in [0.2, 0.25) is 10.0 Å². The van der Waals surface area contributed by atoms with Gasteiger partial charge < -0.3 is 14.6 Å². The smallest absolute Gasteiger partial charge is 0.267 e. The van der Waals surface area contributed by atoms with Crippen LogP contribution in [0.4, 0.5) is 0 Å². The van der Waals surface area contributed by atoms with Crippen LogP contribution >= 0.6 is 23.2 Å². The Morgan fingerprint density at radius 3 is 2.82 bits per heavy atom. The standard InChI is InChI=1S/C14H17Cl2N3O3/c1-19-11-4-3-10(15)13(16)9(11)7-12(19)14(20)17-5-6-18-22-8-21-2/h3-4,7,18H,5-6,8H2,1-2H3,(H,17,20). The minimum atomic E-state index is -0.195. The van der Waals surface area contributed by atoms with E-state index in [0.717, 1.165) is 10.9 Å². The average molecular weight is 346 g/mol. The third-order valence-electron chi connectivity index (χ3n) is 3.14. The molecule has 1 aromatic carbocycles. The minimum absolute atomic E-state index is 0.149. The van der Waals surface area contributed by atoms with Crippen LogP contribution in [0.5, 0.6) is 0 Å². The molecule has 8 heteroatoms. The fourth-order valence-electron chi connectivity index (χ4n) is 2.06. The summed E-state index contributed by atoms with van der Waals surface area (Å²) in [6.07, 6.45) is 0. The number of aryl methyl sites for hydroxylation is 1. The molecular formula is C14H17Cl2N3O3. The van der Waals surface area contributed by atoms with E-state index >= 15 is 0 Å². The van der Waals surface area contributed by atoms with Gasteiger partial charge in [-0.05, 0) is 18.2 Å². The quantitative estimate of drug-likeness (QED) is 0.459. The molecule has 0 aliphatic heterocycles. The Balaban J connectivity index is 2.03. The lowest BCUT2D eigenvalue weighted by molar-refractivity contribution is -0.0808. The molecule has 1 aromatic heterocycles. The molecule has 120 valence electrons. The maximum Gasteiger partial charge on any atom is 0.267 e. The lowest BCUT2D eigenvalue weighted by Crippen LogP contribution is -2.33. The van der Waals surface area contributed by atoms with Crippen molar-refractivity contribution in [3.8, 4) is 0 Å². The van der Waals surface area contributed by atoms with E-state index in [1.54, 1.807) is 23.7 Å². The first kappa shape index (κ1) is 17.1. The molecule has 0 radical (unpaired) electrons. The number of hydrogen-bond acceptors (Lipinski definition) is 4. The molecule has 0 unspecified atom stereocenters. The number of benzene rings is 1. The predicted molar refractivity (Wildman–Crippen MR) is 86.2 cm³/mol. The maximum atomic E-state index is 12.2. The van der Waals surface area contributed by atoms with Crippen molar-refractivity contribution in [2.45, 2.75) is 0 Å². The number of methoxy groups -OCH3 is 1. The van der Waals surface area contributed by atoms with Gasteiger partial charge in [-0.25, -0.2) is 0 Å². The molecule has 0 saturated heterocycles. The van der Waals surface area contributed by atoms with Crippen molar-refractivity contribution >= 4 is 40.0 Å². The van der Waals surface area contributed by atoms with Gasteiger partial charge in [0.2, 0.25) is 0 Å². The van der Waals surface area contributed by atoms with Crippen LogP contribution in [-0.4, -0.2) is 37.5 Å². The lowest BCUT2D eigenvalue weighted by Gasteiger charge is -2.07. The van der Waals surface area contributed by atoms with E-state index in [-0.39, 0.29) is 12.7 Å². The van der Waals surface area contributed by atoms with Gasteiger partial charge in [0.15, 0.2) is 6.79 Å². The molecule has 1 amide bonds. The SMILES string of the molecule is COCONCCNC(=O)c1cc2c(Cl)c(Cl)ccc2n1C. The van der Waals surface area contributed by atoms with Crippen LogP contribution in [0, 0.1) is 0 Å². The van der Waals surface area contributed by atoms with Gasteiger partial charge in [-0.15, -0.1) is 0 Å². The lowest BCUT2D eigenvalue weighted by atomic mass is 10.2. The Bertz CT molecular complexity index is 673. The summed E-state index contributed by atoms with van der Waals surface area (Å²) < 4.78 is 6.49.